The van der Waals surface area contributed by atoms with Crippen molar-refractivity contribution in [2.24, 2.45) is 0 Å². The summed E-state index contributed by atoms with van der Waals surface area (Å²) >= 11 is 0. The van der Waals surface area contributed by atoms with Crippen molar-refractivity contribution in [2.45, 2.75) is 0 Å². The molecule has 3 aromatic rings. The highest BCUT2D eigenvalue weighted by Gasteiger charge is 2.16. The minimum Gasteiger partial charge on any atom is -0.710 e. The highest BCUT2D eigenvalue weighted by molar-refractivity contribution is 5.77. The molecule has 0 saturated heterocycles. The molecular formula is C11H8N2O2. The van der Waals surface area contributed by atoms with E-state index in [9.17, 15) is 10.3 Å². The van der Waals surface area contributed by atoms with Crippen LogP contribution in [-0.4, -0.2) is 9.51 Å². The van der Waals surface area contributed by atoms with Crippen molar-refractivity contribution in [3.05, 3.63) is 47.8 Å². The van der Waals surface area contributed by atoms with Crippen molar-refractivity contribution in [1.82, 2.24) is 4.40 Å². The van der Waals surface area contributed by atoms with Gasteiger partial charge in [0, 0.05) is 0 Å². The second-order valence-electron chi connectivity index (χ2n) is 3.37. The highest BCUT2D eigenvalue weighted by atomic mass is 16.5. The molecule has 0 atom stereocenters. The van der Waals surface area contributed by atoms with Gasteiger partial charge in [0.15, 0.2) is 11.0 Å². The predicted molar refractivity (Wildman–Crippen MR) is 55.5 cm³/mol. The Morgan fingerprint density at radius 2 is 1.93 bits per heavy atom. The second kappa shape index (κ2) is 2.63. The van der Waals surface area contributed by atoms with Gasteiger partial charge in [-0.1, -0.05) is 12.1 Å². The third kappa shape index (κ3) is 0.929. The summed E-state index contributed by atoms with van der Waals surface area (Å²) in [7, 11) is 0. The van der Waals surface area contributed by atoms with Crippen molar-refractivity contribution in [3.63, 3.8) is 0 Å². The van der Waals surface area contributed by atoms with Gasteiger partial charge in [0.05, 0.1) is 6.20 Å². The Labute approximate surface area is 85.2 Å². The lowest BCUT2D eigenvalue weighted by molar-refractivity contribution is -0.548. The van der Waals surface area contributed by atoms with Crippen LogP contribution in [0.2, 0.25) is 0 Å². The summed E-state index contributed by atoms with van der Waals surface area (Å²) < 4.78 is 2.42. The third-order valence-corrected chi connectivity index (χ3v) is 2.50. The van der Waals surface area contributed by atoms with Crippen molar-refractivity contribution >= 4 is 16.7 Å². The van der Waals surface area contributed by atoms with Crippen LogP contribution in [0.5, 0.6) is 5.75 Å². The summed E-state index contributed by atoms with van der Waals surface area (Å²) in [5, 5.41) is 21.5. The fraction of sp³-hybridized carbons (Fsp3) is 0. The monoisotopic (exact) mass is 200 g/mol. The Balaban J connectivity index is 2.69. The first-order chi connectivity index (χ1) is 7.29. The number of rotatable bonds is 0. The average Bonchev–Trinajstić information content (AvgIpc) is 2.55. The van der Waals surface area contributed by atoms with E-state index in [0.29, 0.717) is 5.52 Å². The topological polar surface area (TPSA) is 51.6 Å². The average molecular weight is 200 g/mol. The number of benzene rings is 1. The summed E-state index contributed by atoms with van der Waals surface area (Å²) in [4.78, 5) is 0. The molecule has 3 rings (SSSR count). The zero-order chi connectivity index (χ0) is 10.4. The van der Waals surface area contributed by atoms with E-state index in [1.807, 2.05) is 12.1 Å². The molecule has 0 spiro atoms. The highest BCUT2D eigenvalue weighted by Crippen LogP contribution is 2.20. The molecule has 0 aliphatic carbocycles. The number of pyridine rings is 1. The lowest BCUT2D eigenvalue weighted by atomic mass is 10.3. The van der Waals surface area contributed by atoms with E-state index in [0.717, 1.165) is 10.2 Å². The number of hydrogen-bond acceptors (Lipinski definition) is 2. The SMILES string of the molecule is [O-][n+]1c2ccccc2n2cccc(O)c21. The molecule has 0 aliphatic heterocycles. The van der Waals surface area contributed by atoms with Gasteiger partial charge in [0.1, 0.15) is 0 Å². The van der Waals surface area contributed by atoms with E-state index >= 15 is 0 Å². The molecule has 0 amide bonds. The van der Waals surface area contributed by atoms with Gasteiger partial charge in [-0.15, -0.1) is 0 Å². The van der Waals surface area contributed by atoms with E-state index < -0.39 is 0 Å². The van der Waals surface area contributed by atoms with Crippen molar-refractivity contribution in [3.8, 4) is 5.75 Å². The fourth-order valence-corrected chi connectivity index (χ4v) is 1.84. The van der Waals surface area contributed by atoms with Crippen molar-refractivity contribution in [2.75, 3.05) is 0 Å². The van der Waals surface area contributed by atoms with Crippen LogP contribution in [0, 0.1) is 5.21 Å². The number of imidazole rings is 1. The third-order valence-electron chi connectivity index (χ3n) is 2.50. The number of para-hydroxylation sites is 2. The Kier molecular flexibility index (Phi) is 1.42. The van der Waals surface area contributed by atoms with Crippen LogP contribution in [-0.2, 0) is 0 Å². The first-order valence-electron chi connectivity index (χ1n) is 4.59. The molecule has 0 aliphatic rings. The van der Waals surface area contributed by atoms with Gasteiger partial charge >= 0.3 is 5.65 Å². The summed E-state index contributed by atoms with van der Waals surface area (Å²) in [6, 6.07) is 10.4. The summed E-state index contributed by atoms with van der Waals surface area (Å²) in [6.45, 7) is 0. The molecule has 0 saturated carbocycles. The van der Waals surface area contributed by atoms with Gasteiger partial charge in [-0.2, -0.15) is 4.40 Å². The molecular weight excluding hydrogens is 192 g/mol. The van der Waals surface area contributed by atoms with E-state index in [2.05, 4.69) is 0 Å². The van der Waals surface area contributed by atoms with Crippen LogP contribution in [0.3, 0.4) is 0 Å². The van der Waals surface area contributed by atoms with Crippen LogP contribution in [0.1, 0.15) is 0 Å². The van der Waals surface area contributed by atoms with Crippen LogP contribution < -0.4 is 4.73 Å². The van der Waals surface area contributed by atoms with Gasteiger partial charge in [-0.3, -0.25) is 0 Å². The lowest BCUT2D eigenvalue weighted by Gasteiger charge is -1.98. The number of fused-ring (bicyclic) bond motifs is 3. The smallest absolute Gasteiger partial charge is 0.333 e. The van der Waals surface area contributed by atoms with E-state index in [1.54, 1.807) is 28.8 Å². The largest absolute Gasteiger partial charge is 0.710 e. The second-order valence-corrected chi connectivity index (χ2v) is 3.37. The van der Waals surface area contributed by atoms with E-state index in [4.69, 9.17) is 0 Å². The predicted octanol–water partition coefficient (Wildman–Crippen LogP) is 1.43. The van der Waals surface area contributed by atoms with Gasteiger partial charge in [-0.05, 0) is 24.3 Å². The first-order valence-corrected chi connectivity index (χ1v) is 4.59. The van der Waals surface area contributed by atoms with Gasteiger partial charge in [-0.25, -0.2) is 4.73 Å². The molecule has 2 aromatic heterocycles. The number of nitrogens with zero attached hydrogens (tertiary/aromatic N) is 2. The molecule has 1 aromatic carbocycles. The Bertz CT molecular complexity index is 658. The fourth-order valence-electron chi connectivity index (χ4n) is 1.84. The molecule has 0 radical (unpaired) electrons. The Hall–Kier alpha value is -2.23. The minimum absolute atomic E-state index is 0.0105. The molecule has 74 valence electrons. The first kappa shape index (κ1) is 8.11. The van der Waals surface area contributed by atoms with Crippen LogP contribution in [0.4, 0.5) is 0 Å². The van der Waals surface area contributed by atoms with Crippen molar-refractivity contribution in [1.29, 1.82) is 0 Å². The maximum absolute atomic E-state index is 11.8. The number of aromatic hydroxyl groups is 1. The molecule has 15 heavy (non-hydrogen) atoms. The molecule has 0 unspecified atom stereocenters. The molecule has 0 fully saturated rings. The summed E-state index contributed by atoms with van der Waals surface area (Å²) in [5.41, 5.74) is 1.61. The molecule has 1 N–H and O–H groups in total. The van der Waals surface area contributed by atoms with Gasteiger partial charge in [0.25, 0.3) is 0 Å². The van der Waals surface area contributed by atoms with Crippen molar-refractivity contribution < 1.29 is 9.84 Å². The maximum Gasteiger partial charge on any atom is 0.333 e. The summed E-state index contributed by atoms with van der Waals surface area (Å²) in [6.07, 6.45) is 1.76. The molecule has 2 heterocycles. The standard InChI is InChI=1S/C11H8N2O2/c14-10-6-3-7-12-8-4-1-2-5-9(8)13(15)11(10)12/h1-7,14H. The van der Waals surface area contributed by atoms with Crippen LogP contribution >= 0.6 is 0 Å². The summed E-state index contributed by atoms with van der Waals surface area (Å²) in [5.74, 6) is -0.0105. The molecule has 4 heteroatoms. The number of aromatic nitrogens is 2. The quantitative estimate of drug-likeness (QED) is 0.441. The molecule has 0 bridgehead atoms. The van der Waals surface area contributed by atoms with Gasteiger partial charge in [0.2, 0.25) is 5.75 Å². The Morgan fingerprint density at radius 3 is 2.80 bits per heavy atom. The van der Waals surface area contributed by atoms with Crippen LogP contribution in [0.25, 0.3) is 16.7 Å². The maximum atomic E-state index is 11.8. The van der Waals surface area contributed by atoms with Crippen LogP contribution in [0.15, 0.2) is 42.6 Å². The lowest BCUT2D eigenvalue weighted by Crippen LogP contribution is -2.24. The molecule has 4 nitrogen and oxygen atoms in total. The van der Waals surface area contributed by atoms with E-state index in [-0.39, 0.29) is 11.4 Å². The van der Waals surface area contributed by atoms with Gasteiger partial charge < -0.3 is 10.3 Å². The normalized spacial score (nSPS) is 11.2. The minimum atomic E-state index is -0.0105. The zero-order valence-corrected chi connectivity index (χ0v) is 7.79. The zero-order valence-electron chi connectivity index (χ0n) is 7.79. The van der Waals surface area contributed by atoms with E-state index in [1.165, 1.54) is 6.07 Å². The number of hydrogen-bond donors (Lipinski definition) is 1. The Morgan fingerprint density at radius 1 is 1.13 bits per heavy atom.